The van der Waals surface area contributed by atoms with Crippen molar-refractivity contribution in [1.29, 1.82) is 0 Å². The van der Waals surface area contributed by atoms with Gasteiger partial charge in [0.1, 0.15) is 12.2 Å². The van der Waals surface area contributed by atoms with Gasteiger partial charge in [-0.15, -0.1) is 0 Å². The molecule has 1 aliphatic heterocycles. The predicted octanol–water partition coefficient (Wildman–Crippen LogP) is 1.24. The molecule has 1 fully saturated rings. The molecule has 1 N–H and O–H groups in total. The van der Waals surface area contributed by atoms with Crippen molar-refractivity contribution in [3.63, 3.8) is 0 Å². The van der Waals surface area contributed by atoms with Crippen LogP contribution in [0.15, 0.2) is 18.3 Å². The Kier molecular flexibility index (Phi) is 6.53. The lowest BCUT2D eigenvalue weighted by atomic mass is 10.2. The maximum absolute atomic E-state index is 12.2. The highest BCUT2D eigenvalue weighted by atomic mass is 32.2. The predicted molar refractivity (Wildman–Crippen MR) is 93.2 cm³/mol. The van der Waals surface area contributed by atoms with Gasteiger partial charge in [0.05, 0.1) is 6.54 Å². The molecule has 0 unspecified atom stereocenters. The second-order valence-corrected chi connectivity index (χ2v) is 6.82. The number of nitrogens with zero attached hydrogens (tertiary/aromatic N) is 3. The molecule has 128 valence electrons. The zero-order chi connectivity index (χ0) is 16.8. The summed E-state index contributed by atoms with van der Waals surface area (Å²) in [5.74, 6) is 2.09. The number of pyridine rings is 1. The number of hydrogen-bond acceptors (Lipinski definition) is 6. The van der Waals surface area contributed by atoms with E-state index in [2.05, 4.69) is 4.98 Å². The van der Waals surface area contributed by atoms with Crippen molar-refractivity contribution < 1.29 is 14.6 Å². The Morgan fingerprint density at radius 1 is 1.61 bits per heavy atom. The molecule has 1 amide bonds. The number of carbonyl (C=O) groups is 1. The van der Waals surface area contributed by atoms with Crippen molar-refractivity contribution in [3.8, 4) is 5.75 Å². The standard InChI is InChI=1S/C16H25N3O3S/c1-18(2)15-14(5-4-8-17-15)22-12-6-9-19(11-12)16(21)13(20)7-10-23-3/h4-5,8,12-13,20H,6-7,9-11H2,1-3H3/t12-,13+/m0/s1. The molecule has 2 heterocycles. The molecule has 2 rings (SSSR count). The largest absolute Gasteiger partial charge is 0.485 e. The molecule has 0 radical (unpaired) electrons. The third-order valence-electron chi connectivity index (χ3n) is 3.81. The summed E-state index contributed by atoms with van der Waals surface area (Å²) in [5.41, 5.74) is 0. The van der Waals surface area contributed by atoms with Gasteiger partial charge in [-0.25, -0.2) is 4.98 Å². The Morgan fingerprint density at radius 3 is 3.09 bits per heavy atom. The Bertz CT molecular complexity index is 527. The number of aliphatic hydroxyl groups excluding tert-OH is 1. The molecule has 23 heavy (non-hydrogen) atoms. The number of carbonyl (C=O) groups excluding carboxylic acids is 1. The smallest absolute Gasteiger partial charge is 0.251 e. The number of amides is 1. The van der Waals surface area contributed by atoms with Crippen LogP contribution in [0.25, 0.3) is 0 Å². The van der Waals surface area contributed by atoms with Gasteiger partial charge < -0.3 is 19.6 Å². The first-order valence-corrected chi connectivity index (χ1v) is 9.17. The fourth-order valence-corrected chi connectivity index (χ4v) is 3.04. The van der Waals surface area contributed by atoms with Gasteiger partial charge in [-0.1, -0.05) is 0 Å². The van der Waals surface area contributed by atoms with Crippen LogP contribution in [0.4, 0.5) is 5.82 Å². The average Bonchev–Trinajstić information content (AvgIpc) is 3.00. The van der Waals surface area contributed by atoms with Gasteiger partial charge in [-0.2, -0.15) is 11.8 Å². The zero-order valence-electron chi connectivity index (χ0n) is 13.9. The van der Waals surface area contributed by atoms with Gasteiger partial charge in [0.25, 0.3) is 5.91 Å². The van der Waals surface area contributed by atoms with E-state index in [9.17, 15) is 9.90 Å². The number of ether oxygens (including phenoxy) is 1. The van der Waals surface area contributed by atoms with E-state index in [-0.39, 0.29) is 12.0 Å². The van der Waals surface area contributed by atoms with Crippen LogP contribution in [0.1, 0.15) is 12.8 Å². The van der Waals surface area contributed by atoms with Gasteiger partial charge >= 0.3 is 0 Å². The Labute approximate surface area is 141 Å². The van der Waals surface area contributed by atoms with Gasteiger partial charge in [0.2, 0.25) is 0 Å². The lowest BCUT2D eigenvalue weighted by Crippen LogP contribution is -2.39. The van der Waals surface area contributed by atoms with Crippen molar-refractivity contribution in [2.24, 2.45) is 0 Å². The summed E-state index contributed by atoms with van der Waals surface area (Å²) in [7, 11) is 3.84. The number of aromatic nitrogens is 1. The molecular formula is C16H25N3O3S. The van der Waals surface area contributed by atoms with E-state index >= 15 is 0 Å². The number of hydrogen-bond donors (Lipinski definition) is 1. The summed E-state index contributed by atoms with van der Waals surface area (Å²) in [6.45, 7) is 1.13. The van der Waals surface area contributed by atoms with E-state index in [0.717, 1.165) is 23.7 Å². The number of aliphatic hydroxyl groups is 1. The van der Waals surface area contributed by atoms with E-state index in [1.54, 1.807) is 22.9 Å². The molecule has 1 aliphatic rings. The van der Waals surface area contributed by atoms with Crippen LogP contribution in [0.2, 0.25) is 0 Å². The number of anilines is 1. The highest BCUT2D eigenvalue weighted by molar-refractivity contribution is 7.98. The van der Waals surface area contributed by atoms with Crippen LogP contribution in [-0.2, 0) is 4.79 Å². The van der Waals surface area contributed by atoms with Gasteiger partial charge in [-0.3, -0.25) is 4.79 Å². The van der Waals surface area contributed by atoms with Crippen molar-refractivity contribution in [2.45, 2.75) is 25.0 Å². The van der Waals surface area contributed by atoms with Gasteiger partial charge in [0.15, 0.2) is 11.6 Å². The first-order chi connectivity index (χ1) is 11.0. The topological polar surface area (TPSA) is 65.9 Å². The molecule has 7 heteroatoms. The summed E-state index contributed by atoms with van der Waals surface area (Å²) in [6.07, 6.45) is 3.99. The highest BCUT2D eigenvalue weighted by Crippen LogP contribution is 2.26. The maximum Gasteiger partial charge on any atom is 0.251 e. The Balaban J connectivity index is 1.92. The van der Waals surface area contributed by atoms with E-state index < -0.39 is 6.10 Å². The molecule has 0 bridgehead atoms. The maximum atomic E-state index is 12.2. The minimum absolute atomic E-state index is 0.0606. The van der Waals surface area contributed by atoms with Gasteiger partial charge in [-0.05, 0) is 30.6 Å². The summed E-state index contributed by atoms with van der Waals surface area (Å²) in [4.78, 5) is 20.1. The molecule has 1 saturated heterocycles. The van der Waals surface area contributed by atoms with Crippen molar-refractivity contribution in [1.82, 2.24) is 9.88 Å². The Hall–Kier alpha value is -1.47. The quantitative estimate of drug-likeness (QED) is 0.806. The SMILES string of the molecule is CSCC[C@@H](O)C(=O)N1CC[C@H](Oc2cccnc2N(C)C)C1. The molecule has 6 nitrogen and oxygen atoms in total. The van der Waals surface area contributed by atoms with E-state index in [0.29, 0.717) is 19.5 Å². The van der Waals surface area contributed by atoms with Crippen LogP contribution >= 0.6 is 11.8 Å². The number of rotatable bonds is 7. The molecule has 1 aromatic heterocycles. The minimum atomic E-state index is -0.906. The zero-order valence-corrected chi connectivity index (χ0v) is 14.8. The fourth-order valence-electron chi connectivity index (χ4n) is 2.58. The molecular weight excluding hydrogens is 314 g/mol. The second-order valence-electron chi connectivity index (χ2n) is 5.83. The summed E-state index contributed by atoms with van der Waals surface area (Å²) in [5, 5.41) is 9.94. The van der Waals surface area contributed by atoms with Crippen molar-refractivity contribution in [2.75, 3.05) is 44.1 Å². The van der Waals surface area contributed by atoms with E-state index in [1.807, 2.05) is 37.4 Å². The summed E-state index contributed by atoms with van der Waals surface area (Å²) >= 11 is 1.63. The third-order valence-corrected chi connectivity index (χ3v) is 4.45. The Morgan fingerprint density at radius 2 is 2.39 bits per heavy atom. The first-order valence-electron chi connectivity index (χ1n) is 7.77. The van der Waals surface area contributed by atoms with Crippen LogP contribution in [-0.4, -0.2) is 72.3 Å². The minimum Gasteiger partial charge on any atom is -0.485 e. The number of likely N-dealkylation sites (tertiary alicyclic amines) is 1. The normalized spacial score (nSPS) is 18.8. The van der Waals surface area contributed by atoms with Crippen molar-refractivity contribution in [3.05, 3.63) is 18.3 Å². The number of thioether (sulfide) groups is 1. The third kappa shape index (κ3) is 4.75. The average molecular weight is 339 g/mol. The van der Waals surface area contributed by atoms with Crippen LogP contribution in [0, 0.1) is 0 Å². The lowest BCUT2D eigenvalue weighted by molar-refractivity contribution is -0.139. The molecule has 2 atom stereocenters. The van der Waals surface area contributed by atoms with Crippen molar-refractivity contribution >= 4 is 23.5 Å². The second kappa shape index (κ2) is 8.40. The van der Waals surface area contributed by atoms with E-state index in [4.69, 9.17) is 4.74 Å². The lowest BCUT2D eigenvalue weighted by Gasteiger charge is -2.21. The summed E-state index contributed by atoms with van der Waals surface area (Å²) < 4.78 is 6.03. The molecule has 0 saturated carbocycles. The van der Waals surface area contributed by atoms with Gasteiger partial charge in [0, 0.05) is 33.3 Å². The van der Waals surface area contributed by atoms with Crippen LogP contribution in [0.3, 0.4) is 0 Å². The molecule has 0 spiro atoms. The monoisotopic (exact) mass is 339 g/mol. The molecule has 0 aliphatic carbocycles. The molecule has 1 aromatic rings. The van der Waals surface area contributed by atoms with E-state index in [1.165, 1.54) is 0 Å². The highest BCUT2D eigenvalue weighted by Gasteiger charge is 2.31. The molecule has 0 aromatic carbocycles. The summed E-state index contributed by atoms with van der Waals surface area (Å²) in [6, 6.07) is 3.73. The first kappa shape index (κ1) is 17.9. The fraction of sp³-hybridized carbons (Fsp3) is 0.625. The van der Waals surface area contributed by atoms with Crippen LogP contribution < -0.4 is 9.64 Å². The van der Waals surface area contributed by atoms with Crippen LogP contribution in [0.5, 0.6) is 5.75 Å².